The Bertz CT molecular complexity index is 1860. The molecule has 2 spiro atoms. The van der Waals surface area contributed by atoms with Gasteiger partial charge in [0.25, 0.3) is 0 Å². The molecule has 2 saturated carbocycles. The highest BCUT2D eigenvalue weighted by molar-refractivity contribution is 5.90. The zero-order valence-corrected chi connectivity index (χ0v) is 26.0. The molecule has 234 valence electrons. The summed E-state index contributed by atoms with van der Waals surface area (Å²) in [5, 5.41) is 0. The van der Waals surface area contributed by atoms with Crippen LogP contribution in [0.3, 0.4) is 0 Å². The predicted molar refractivity (Wildman–Crippen MR) is 179 cm³/mol. The summed E-state index contributed by atoms with van der Waals surface area (Å²) in [6, 6.07) is 27.1. The van der Waals surface area contributed by atoms with E-state index in [0.29, 0.717) is 24.7 Å². The van der Waals surface area contributed by atoms with Gasteiger partial charge in [-0.3, -0.25) is 9.80 Å². The summed E-state index contributed by atoms with van der Waals surface area (Å²) in [5.74, 6) is 13.6. The van der Waals surface area contributed by atoms with Gasteiger partial charge in [0.1, 0.15) is 22.8 Å². The Hall–Kier alpha value is -5.60. The van der Waals surface area contributed by atoms with Crippen molar-refractivity contribution in [2.24, 2.45) is 0 Å². The summed E-state index contributed by atoms with van der Waals surface area (Å²) in [4.78, 5) is 36.2. The van der Waals surface area contributed by atoms with Crippen LogP contribution in [-0.4, -0.2) is 46.4 Å². The number of hydrogen-bond acceptors (Lipinski definition) is 6. The van der Waals surface area contributed by atoms with E-state index < -0.39 is 0 Å². The van der Waals surface area contributed by atoms with Crippen molar-refractivity contribution in [3.63, 3.8) is 0 Å². The molecule has 0 radical (unpaired) electrons. The van der Waals surface area contributed by atoms with Crippen LogP contribution in [0.2, 0.25) is 0 Å². The van der Waals surface area contributed by atoms with Gasteiger partial charge in [0.2, 0.25) is 0 Å². The maximum absolute atomic E-state index is 12.2. The van der Waals surface area contributed by atoms with Gasteiger partial charge in [0.05, 0.1) is 13.1 Å². The van der Waals surface area contributed by atoms with E-state index in [1.54, 1.807) is 22.2 Å². The van der Waals surface area contributed by atoms with E-state index in [2.05, 4.69) is 33.6 Å². The molecule has 0 atom stereocenters. The number of nitrogens with zero attached hydrogens (tertiary/aromatic N) is 4. The zero-order chi connectivity index (χ0) is 32.1. The van der Waals surface area contributed by atoms with Crippen LogP contribution in [0.5, 0.6) is 0 Å². The first-order valence-corrected chi connectivity index (χ1v) is 16.1. The van der Waals surface area contributed by atoms with Crippen LogP contribution < -0.4 is 9.80 Å². The number of carbonyl (C=O) groups is 2. The van der Waals surface area contributed by atoms with Gasteiger partial charge in [-0.1, -0.05) is 60.1 Å². The summed E-state index contributed by atoms with van der Waals surface area (Å²) < 4.78 is 11.1. The van der Waals surface area contributed by atoms with Crippen molar-refractivity contribution in [1.82, 2.24) is 9.97 Å². The molecule has 2 aliphatic heterocycles. The first-order chi connectivity index (χ1) is 23.0. The number of carbonyl (C=O) groups excluding carboxylic acids is 2. The van der Waals surface area contributed by atoms with Crippen molar-refractivity contribution < 1.29 is 19.1 Å². The van der Waals surface area contributed by atoms with E-state index in [4.69, 9.17) is 9.47 Å². The lowest BCUT2D eigenvalue weighted by atomic mass is 9.80. The Morgan fingerprint density at radius 2 is 0.915 bits per heavy atom. The molecule has 2 aliphatic carbocycles. The minimum atomic E-state index is -0.291. The van der Waals surface area contributed by atoms with Crippen LogP contribution >= 0.6 is 0 Å². The second kappa shape index (κ2) is 13.0. The zero-order valence-electron chi connectivity index (χ0n) is 26.0. The quantitative estimate of drug-likeness (QED) is 0.222. The molecule has 2 aromatic heterocycles. The first-order valence-electron chi connectivity index (χ1n) is 16.1. The molecule has 4 aliphatic rings. The normalized spacial score (nSPS) is 18.2. The van der Waals surface area contributed by atoms with Crippen LogP contribution in [-0.2, 0) is 9.47 Å². The van der Waals surface area contributed by atoms with Gasteiger partial charge >= 0.3 is 12.2 Å². The van der Waals surface area contributed by atoms with Crippen molar-refractivity contribution in [2.45, 2.75) is 56.1 Å². The second-order valence-corrected chi connectivity index (χ2v) is 12.4. The van der Waals surface area contributed by atoms with Gasteiger partial charge in [0.15, 0.2) is 0 Å². The number of amides is 2. The number of ether oxygens (including phenoxy) is 2. The number of hydrogen-bond donors (Lipinski definition) is 0. The fraction of sp³-hybridized carbons (Fsp3) is 0.282. The summed E-state index contributed by atoms with van der Waals surface area (Å²) in [6.45, 7) is 1.21. The first kappa shape index (κ1) is 30.1. The molecule has 0 N–H and O–H groups in total. The second-order valence-electron chi connectivity index (χ2n) is 12.4. The monoisotopic (exact) mass is 622 g/mol. The lowest BCUT2D eigenvalue weighted by Gasteiger charge is -2.34. The summed E-state index contributed by atoms with van der Waals surface area (Å²) >= 11 is 0. The largest absolute Gasteiger partial charge is 0.441 e. The smallest absolute Gasteiger partial charge is 0.416 e. The third-order valence-corrected chi connectivity index (χ3v) is 9.02. The topological polar surface area (TPSA) is 84.9 Å². The lowest BCUT2D eigenvalue weighted by molar-refractivity contribution is -0.00651. The molecule has 8 nitrogen and oxygen atoms in total. The fourth-order valence-electron chi connectivity index (χ4n) is 6.28. The highest BCUT2D eigenvalue weighted by atomic mass is 16.6. The Morgan fingerprint density at radius 1 is 0.511 bits per heavy atom. The predicted octanol–water partition coefficient (Wildman–Crippen LogP) is 7.11. The van der Waals surface area contributed by atoms with Gasteiger partial charge in [-0.05, 0) is 93.5 Å². The summed E-state index contributed by atoms with van der Waals surface area (Å²) in [7, 11) is 0. The molecular formula is C39H34N4O4. The van der Waals surface area contributed by atoms with E-state index in [0.717, 1.165) is 67.2 Å². The average molecular weight is 623 g/mol. The van der Waals surface area contributed by atoms with E-state index in [1.165, 1.54) is 0 Å². The molecule has 4 aromatic rings. The van der Waals surface area contributed by atoms with Crippen LogP contribution in [0.25, 0.3) is 0 Å². The van der Waals surface area contributed by atoms with Gasteiger partial charge in [-0.25, -0.2) is 19.6 Å². The Morgan fingerprint density at radius 3 is 1.28 bits per heavy atom. The maximum Gasteiger partial charge on any atom is 0.416 e. The molecular weight excluding hydrogens is 588 g/mol. The van der Waals surface area contributed by atoms with Crippen molar-refractivity contribution in [3.8, 4) is 23.7 Å². The van der Waals surface area contributed by atoms with Gasteiger partial charge in [0, 0.05) is 34.6 Å². The van der Waals surface area contributed by atoms with Crippen LogP contribution in [0, 0.1) is 23.7 Å². The molecule has 8 heteroatoms. The van der Waals surface area contributed by atoms with E-state index in [9.17, 15) is 9.59 Å². The SMILES string of the molecule is O=C1OC2(CCC2)CN1c1ccc(C#Cc2ccccc2)cn1.O=C1OC2(CCCC2)CN1c1ccc(C#Cc2ccccc2)cn1. The van der Waals surface area contributed by atoms with Gasteiger partial charge in [-0.2, -0.15) is 0 Å². The molecule has 8 rings (SSSR count). The van der Waals surface area contributed by atoms with Crippen molar-refractivity contribution in [1.29, 1.82) is 0 Å². The van der Waals surface area contributed by atoms with Crippen LogP contribution in [0.1, 0.15) is 67.2 Å². The van der Waals surface area contributed by atoms with Gasteiger partial charge in [-0.15, -0.1) is 0 Å². The fourth-order valence-corrected chi connectivity index (χ4v) is 6.28. The summed E-state index contributed by atoms with van der Waals surface area (Å²) in [6.07, 6.45) is 10.0. The molecule has 4 heterocycles. The number of anilines is 2. The third-order valence-electron chi connectivity index (χ3n) is 9.02. The van der Waals surface area contributed by atoms with Crippen LogP contribution in [0.15, 0.2) is 97.3 Å². The Kier molecular flexibility index (Phi) is 8.33. The van der Waals surface area contributed by atoms with E-state index in [-0.39, 0.29) is 23.4 Å². The average Bonchev–Trinajstić information content (AvgIpc) is 3.81. The molecule has 2 saturated heterocycles. The van der Waals surface area contributed by atoms with E-state index >= 15 is 0 Å². The van der Waals surface area contributed by atoms with Crippen molar-refractivity contribution in [3.05, 3.63) is 120 Å². The molecule has 47 heavy (non-hydrogen) atoms. The third kappa shape index (κ3) is 6.83. The Balaban J connectivity index is 0.000000150. The highest BCUT2D eigenvalue weighted by Crippen LogP contribution is 2.42. The molecule has 0 unspecified atom stereocenters. The standard InChI is InChI=1S/C20H18N2O2.C19H16N2O2/c23-19-22(15-20(24-19)12-4-5-13-20)18-11-10-17(14-21-18)9-8-16-6-2-1-3-7-16;22-18-21(14-19(23-18)11-4-12-19)17-10-9-16(13-20-17)8-7-15-5-2-1-3-6-15/h1-3,6-7,10-11,14H,4-5,12-13,15H2;1-3,5-6,9-10,13H,4,11-12,14H2. The molecule has 2 aromatic carbocycles. The molecule has 4 fully saturated rings. The lowest BCUT2D eigenvalue weighted by Crippen LogP contribution is -2.41. The number of aromatic nitrogens is 2. The summed E-state index contributed by atoms with van der Waals surface area (Å²) in [5.41, 5.74) is 3.03. The minimum Gasteiger partial charge on any atom is -0.441 e. The number of rotatable bonds is 2. The van der Waals surface area contributed by atoms with Crippen molar-refractivity contribution in [2.75, 3.05) is 22.9 Å². The number of pyridine rings is 2. The maximum atomic E-state index is 12.2. The van der Waals surface area contributed by atoms with Crippen LogP contribution in [0.4, 0.5) is 21.2 Å². The van der Waals surface area contributed by atoms with Crippen molar-refractivity contribution >= 4 is 23.8 Å². The van der Waals surface area contributed by atoms with E-state index in [1.807, 2.05) is 84.9 Å². The number of benzene rings is 2. The Labute approximate surface area is 274 Å². The minimum absolute atomic E-state index is 0.259. The van der Waals surface area contributed by atoms with Gasteiger partial charge < -0.3 is 9.47 Å². The highest BCUT2D eigenvalue weighted by Gasteiger charge is 2.50. The molecule has 2 amide bonds. The molecule has 0 bridgehead atoms.